The number of hydrogen-bond donors (Lipinski definition) is 0. The number of benzene rings is 5. The summed E-state index contributed by atoms with van der Waals surface area (Å²) in [5.74, 6) is 4.14. The van der Waals surface area contributed by atoms with Gasteiger partial charge in [-0.2, -0.15) is 0 Å². The first-order chi connectivity index (χ1) is 17.7. The van der Waals surface area contributed by atoms with Crippen molar-refractivity contribution in [1.29, 1.82) is 0 Å². The van der Waals surface area contributed by atoms with Crippen LogP contribution in [0.3, 0.4) is 0 Å². The van der Waals surface area contributed by atoms with Gasteiger partial charge in [0.1, 0.15) is 18.1 Å². The van der Waals surface area contributed by atoms with E-state index in [4.69, 9.17) is 15.9 Å². The average Bonchev–Trinajstić information content (AvgIpc) is 3.19. The van der Waals surface area contributed by atoms with Crippen LogP contribution >= 0.6 is 0 Å². The molecule has 1 atom stereocenters. The summed E-state index contributed by atoms with van der Waals surface area (Å²) in [6.07, 6.45) is 9.71. The van der Waals surface area contributed by atoms with Gasteiger partial charge in [-0.05, 0) is 75.5 Å². The van der Waals surface area contributed by atoms with Gasteiger partial charge in [0.2, 0.25) is 0 Å². The zero-order chi connectivity index (χ0) is 24.1. The summed E-state index contributed by atoms with van der Waals surface area (Å²) in [7, 11) is 0. The molecule has 1 aliphatic heterocycles. The third kappa shape index (κ3) is 3.07. The molecular weight excluding hydrogens is 440 g/mol. The number of fused-ring (bicyclic) bond motifs is 7. The fourth-order valence-electron chi connectivity index (χ4n) is 5.48. The van der Waals surface area contributed by atoms with E-state index in [1.165, 1.54) is 33.0 Å². The second-order valence-electron chi connectivity index (χ2n) is 9.23. The first-order valence-electron chi connectivity index (χ1n) is 12.1. The van der Waals surface area contributed by atoms with Gasteiger partial charge in [-0.15, -0.1) is 6.42 Å². The molecule has 0 saturated carbocycles. The minimum atomic E-state index is -0.638. The highest BCUT2D eigenvalue weighted by Gasteiger charge is 2.45. The van der Waals surface area contributed by atoms with Crippen LogP contribution in [0.1, 0.15) is 16.7 Å². The van der Waals surface area contributed by atoms with Gasteiger partial charge in [0.05, 0.1) is 0 Å². The van der Waals surface area contributed by atoms with Crippen LogP contribution in [0.25, 0.3) is 39.1 Å². The third-order valence-electron chi connectivity index (χ3n) is 7.19. The maximum atomic E-state index is 6.91. The van der Waals surface area contributed by atoms with Crippen LogP contribution in [-0.2, 0) is 5.60 Å². The fourth-order valence-corrected chi connectivity index (χ4v) is 5.48. The van der Waals surface area contributed by atoms with Crippen molar-refractivity contribution in [3.8, 4) is 46.1 Å². The van der Waals surface area contributed by atoms with Crippen LogP contribution in [0, 0.1) is 12.3 Å². The molecule has 36 heavy (non-hydrogen) atoms. The van der Waals surface area contributed by atoms with Crippen molar-refractivity contribution in [3.63, 3.8) is 0 Å². The Bertz CT molecular complexity index is 1720. The summed E-state index contributed by atoms with van der Waals surface area (Å²) in [5, 5.41) is 2.46. The lowest BCUT2D eigenvalue weighted by Gasteiger charge is -2.34. The standard InChI is InChI=1S/C34H22O2/c1-2-19-35-28-14-11-23(12-15-28)26-13-16-33-27(20-26)17-18-34(36-33)31-10-6-5-9-29(31)30-21-24-7-3-4-8-25(24)22-32(30)34/h1,3-18,20-22H,19H2. The summed E-state index contributed by atoms with van der Waals surface area (Å²) >= 11 is 0. The smallest absolute Gasteiger partial charge is 0.179 e. The van der Waals surface area contributed by atoms with E-state index >= 15 is 0 Å². The summed E-state index contributed by atoms with van der Waals surface area (Å²) < 4.78 is 12.4. The molecule has 5 aromatic rings. The molecule has 0 N–H and O–H groups in total. The summed E-state index contributed by atoms with van der Waals surface area (Å²) in [5.41, 5.74) is 7.51. The highest BCUT2D eigenvalue weighted by molar-refractivity contribution is 5.94. The predicted molar refractivity (Wildman–Crippen MR) is 146 cm³/mol. The molecule has 0 radical (unpaired) electrons. The molecule has 1 aliphatic carbocycles. The first-order valence-corrected chi connectivity index (χ1v) is 12.1. The van der Waals surface area contributed by atoms with Gasteiger partial charge < -0.3 is 9.47 Å². The largest absolute Gasteiger partial charge is 0.481 e. The minimum absolute atomic E-state index is 0.268. The maximum Gasteiger partial charge on any atom is 0.179 e. The lowest BCUT2D eigenvalue weighted by molar-refractivity contribution is 0.166. The fraction of sp³-hybridized carbons (Fsp3) is 0.0588. The van der Waals surface area contributed by atoms with E-state index in [1.807, 2.05) is 12.1 Å². The molecule has 1 heterocycles. The van der Waals surface area contributed by atoms with E-state index in [0.29, 0.717) is 0 Å². The number of ether oxygens (including phenoxy) is 2. The monoisotopic (exact) mass is 462 g/mol. The van der Waals surface area contributed by atoms with Crippen LogP contribution in [0.2, 0.25) is 0 Å². The van der Waals surface area contributed by atoms with E-state index < -0.39 is 5.60 Å². The van der Waals surface area contributed by atoms with Crippen LogP contribution < -0.4 is 9.47 Å². The molecule has 0 amide bonds. The molecular formula is C34H22O2. The van der Waals surface area contributed by atoms with Crippen LogP contribution in [-0.4, -0.2) is 6.61 Å². The second-order valence-corrected chi connectivity index (χ2v) is 9.23. The molecule has 0 bridgehead atoms. The van der Waals surface area contributed by atoms with Crippen molar-refractivity contribution in [1.82, 2.24) is 0 Å². The predicted octanol–water partition coefficient (Wildman–Crippen LogP) is 7.85. The van der Waals surface area contributed by atoms with Gasteiger partial charge >= 0.3 is 0 Å². The Hall–Kier alpha value is -4.74. The highest BCUT2D eigenvalue weighted by Crippen LogP contribution is 2.54. The average molecular weight is 463 g/mol. The van der Waals surface area contributed by atoms with Crippen molar-refractivity contribution in [2.24, 2.45) is 0 Å². The molecule has 0 aromatic heterocycles. The summed E-state index contributed by atoms with van der Waals surface area (Å²) in [4.78, 5) is 0. The van der Waals surface area contributed by atoms with Crippen LogP contribution in [0.5, 0.6) is 11.5 Å². The van der Waals surface area contributed by atoms with Gasteiger partial charge in [0.25, 0.3) is 0 Å². The van der Waals surface area contributed by atoms with E-state index in [1.54, 1.807) is 0 Å². The van der Waals surface area contributed by atoms with E-state index in [-0.39, 0.29) is 6.61 Å². The third-order valence-corrected chi connectivity index (χ3v) is 7.19. The number of terminal acetylenes is 1. The lowest BCUT2D eigenvalue weighted by atomic mass is 9.87. The SMILES string of the molecule is C#CCOc1ccc(-c2ccc3c(c2)C=CC2(O3)c3ccccc3-c3cc4ccccc4cc32)cc1. The Balaban J connectivity index is 1.31. The van der Waals surface area contributed by atoms with Gasteiger partial charge in [-0.3, -0.25) is 0 Å². The Morgan fingerprint density at radius 1 is 0.722 bits per heavy atom. The second kappa shape index (κ2) is 7.90. The van der Waals surface area contributed by atoms with Gasteiger partial charge in [0, 0.05) is 16.7 Å². The molecule has 0 saturated heterocycles. The molecule has 2 heteroatoms. The highest BCUT2D eigenvalue weighted by atomic mass is 16.5. The van der Waals surface area contributed by atoms with Gasteiger partial charge in [-0.1, -0.05) is 78.7 Å². The maximum absolute atomic E-state index is 6.91. The summed E-state index contributed by atoms with van der Waals surface area (Å²) in [6.45, 7) is 0.268. The number of rotatable bonds is 3. The van der Waals surface area contributed by atoms with Gasteiger partial charge in [0.15, 0.2) is 5.60 Å². The molecule has 2 nitrogen and oxygen atoms in total. The zero-order valence-electron chi connectivity index (χ0n) is 19.6. The van der Waals surface area contributed by atoms with Crippen molar-refractivity contribution in [3.05, 3.63) is 126 Å². The lowest BCUT2D eigenvalue weighted by Crippen LogP contribution is -2.32. The van der Waals surface area contributed by atoms with E-state index in [2.05, 4.69) is 109 Å². The first kappa shape index (κ1) is 20.6. The van der Waals surface area contributed by atoms with E-state index in [0.717, 1.165) is 28.2 Å². The van der Waals surface area contributed by atoms with E-state index in [9.17, 15) is 0 Å². The Labute approximate surface area is 210 Å². The topological polar surface area (TPSA) is 18.5 Å². The molecule has 1 spiro atoms. The zero-order valence-corrected chi connectivity index (χ0v) is 19.6. The van der Waals surface area contributed by atoms with Crippen molar-refractivity contribution >= 4 is 16.8 Å². The Morgan fingerprint density at radius 2 is 1.47 bits per heavy atom. The molecule has 1 unspecified atom stereocenters. The normalized spacial score (nSPS) is 16.6. The van der Waals surface area contributed by atoms with Crippen molar-refractivity contribution < 1.29 is 9.47 Å². The quantitative estimate of drug-likeness (QED) is 0.254. The van der Waals surface area contributed by atoms with Crippen LogP contribution in [0.15, 0.2) is 109 Å². The Morgan fingerprint density at radius 3 is 2.31 bits per heavy atom. The molecule has 170 valence electrons. The molecule has 0 fully saturated rings. The van der Waals surface area contributed by atoms with Crippen LogP contribution in [0.4, 0.5) is 0 Å². The minimum Gasteiger partial charge on any atom is -0.481 e. The van der Waals surface area contributed by atoms with Gasteiger partial charge in [-0.25, -0.2) is 0 Å². The summed E-state index contributed by atoms with van der Waals surface area (Å²) in [6, 6.07) is 36.1. The number of hydrogen-bond acceptors (Lipinski definition) is 2. The molecule has 5 aromatic carbocycles. The Kier molecular flexibility index (Phi) is 4.53. The van der Waals surface area contributed by atoms with Crippen molar-refractivity contribution in [2.75, 3.05) is 6.61 Å². The molecule has 7 rings (SSSR count). The molecule has 2 aliphatic rings. The van der Waals surface area contributed by atoms with Crippen molar-refractivity contribution in [2.45, 2.75) is 5.60 Å².